The Morgan fingerprint density at radius 3 is 1.11 bits per heavy atom. The summed E-state index contributed by atoms with van der Waals surface area (Å²) in [5.41, 5.74) is -11.0. The predicted molar refractivity (Wildman–Crippen MR) is 86.3 cm³/mol. The van der Waals surface area contributed by atoms with E-state index in [-0.39, 0.29) is 13.1 Å². The maximum absolute atomic E-state index is 12.5. The molecule has 2 atom stereocenters. The summed E-state index contributed by atoms with van der Waals surface area (Å²) in [5, 5.41) is 2.51. The molecule has 0 unspecified atom stereocenters. The maximum atomic E-state index is 12.5. The van der Waals surface area contributed by atoms with Crippen LogP contribution in [0.5, 0.6) is 0 Å². The highest BCUT2D eigenvalue weighted by Gasteiger charge is 2.48. The lowest BCUT2D eigenvalue weighted by atomic mass is 10.0. The molecule has 0 aromatic heterocycles. The summed E-state index contributed by atoms with van der Waals surface area (Å²) in [6, 6.07) is -2.44. The molecular weight excluding hydrogens is 428 g/mol. The second kappa shape index (κ2) is 9.24. The Hall–Kier alpha value is -0.640. The molecule has 7 nitrogen and oxygen atoms in total. The van der Waals surface area contributed by atoms with E-state index in [0.29, 0.717) is 0 Å². The van der Waals surface area contributed by atoms with Crippen LogP contribution in [0.2, 0.25) is 0 Å². The number of halogens is 6. The zero-order valence-corrected chi connectivity index (χ0v) is 16.6. The summed E-state index contributed by atoms with van der Waals surface area (Å²) in [6.45, 7) is 5.05. The van der Waals surface area contributed by atoms with Gasteiger partial charge < -0.3 is 5.32 Å². The van der Waals surface area contributed by atoms with Gasteiger partial charge in [-0.25, -0.2) is 26.3 Å². The maximum Gasteiger partial charge on any atom is 0.511 e. The number of nitrogens with one attached hydrogen (secondary N) is 3. The van der Waals surface area contributed by atoms with Crippen molar-refractivity contribution < 1.29 is 43.2 Å². The van der Waals surface area contributed by atoms with E-state index >= 15 is 0 Å². The summed E-state index contributed by atoms with van der Waals surface area (Å²) >= 11 is 0. The number of hydrogen-bond donors (Lipinski definition) is 3. The summed E-state index contributed by atoms with van der Waals surface area (Å²) < 4.78 is 122. The lowest BCUT2D eigenvalue weighted by molar-refractivity contribution is -0.0457. The van der Waals surface area contributed by atoms with Crippen LogP contribution in [0.1, 0.15) is 27.7 Å². The van der Waals surface area contributed by atoms with Gasteiger partial charge in [0.05, 0.1) is 0 Å². The van der Waals surface area contributed by atoms with E-state index in [9.17, 15) is 43.2 Å². The van der Waals surface area contributed by atoms with Gasteiger partial charge in [0.1, 0.15) is 0 Å². The fourth-order valence-corrected chi connectivity index (χ4v) is 3.53. The van der Waals surface area contributed by atoms with Crippen molar-refractivity contribution in [3.05, 3.63) is 0 Å². The standard InChI is InChI=1S/C12H23F6N3O4S2/c1-7(2)9(20-26(22,23)11(13,14)15)5-19-6-10(8(3)4)21-27(24,25)12(16,17)18/h7-10,19-21H,5-6H2,1-4H3/t9-,10-/m1/s1. The Morgan fingerprint density at radius 1 is 0.667 bits per heavy atom. The zero-order chi connectivity index (χ0) is 21.8. The van der Waals surface area contributed by atoms with Gasteiger partial charge in [0.15, 0.2) is 0 Å². The second-order valence-electron chi connectivity index (χ2n) is 6.49. The van der Waals surface area contributed by atoms with Crippen LogP contribution in [-0.2, 0) is 20.0 Å². The Bertz CT molecular complexity index is 616. The molecule has 0 spiro atoms. The lowest BCUT2D eigenvalue weighted by Gasteiger charge is -2.27. The van der Waals surface area contributed by atoms with Crippen molar-refractivity contribution in [2.75, 3.05) is 13.1 Å². The Kier molecular flexibility index (Phi) is 9.02. The van der Waals surface area contributed by atoms with E-state index < -0.39 is 55.0 Å². The van der Waals surface area contributed by atoms with Gasteiger partial charge in [-0.2, -0.15) is 26.3 Å². The van der Waals surface area contributed by atoms with Gasteiger partial charge in [-0.15, -0.1) is 0 Å². The third-order valence-electron chi connectivity index (χ3n) is 3.56. The first kappa shape index (κ1) is 26.4. The molecule has 3 N–H and O–H groups in total. The number of rotatable bonds is 10. The summed E-state index contributed by atoms with van der Waals surface area (Å²) in [5.74, 6) is -1.17. The highest BCUT2D eigenvalue weighted by Crippen LogP contribution is 2.24. The van der Waals surface area contributed by atoms with Gasteiger partial charge in [0.25, 0.3) is 0 Å². The first-order chi connectivity index (χ1) is 11.8. The van der Waals surface area contributed by atoms with E-state index in [1.54, 1.807) is 0 Å². The van der Waals surface area contributed by atoms with Gasteiger partial charge in [0.2, 0.25) is 0 Å². The SMILES string of the molecule is CC(C)[C@@H](CNC[C@@H](NS(=O)(=O)C(F)(F)F)C(C)C)NS(=O)(=O)C(F)(F)F. The van der Waals surface area contributed by atoms with E-state index in [2.05, 4.69) is 5.32 Å². The highest BCUT2D eigenvalue weighted by atomic mass is 32.2. The van der Waals surface area contributed by atoms with E-state index in [1.165, 1.54) is 37.1 Å². The third kappa shape index (κ3) is 8.09. The van der Waals surface area contributed by atoms with E-state index in [0.717, 1.165) is 0 Å². The van der Waals surface area contributed by atoms with Gasteiger partial charge in [-0.1, -0.05) is 27.7 Å². The molecule has 0 saturated heterocycles. The largest absolute Gasteiger partial charge is 0.511 e. The van der Waals surface area contributed by atoms with Crippen molar-refractivity contribution >= 4 is 20.0 Å². The monoisotopic (exact) mass is 451 g/mol. The van der Waals surface area contributed by atoms with E-state index in [1.807, 2.05) is 0 Å². The average Bonchev–Trinajstić information content (AvgIpc) is 2.41. The minimum atomic E-state index is -5.61. The first-order valence-electron chi connectivity index (χ1n) is 7.69. The molecule has 0 aliphatic heterocycles. The normalized spacial score (nSPS) is 16.7. The molecule has 27 heavy (non-hydrogen) atoms. The van der Waals surface area contributed by atoms with Crippen LogP contribution in [0.4, 0.5) is 26.3 Å². The quantitative estimate of drug-likeness (QED) is 0.437. The molecule has 0 aromatic carbocycles. The van der Waals surface area contributed by atoms with Crippen molar-refractivity contribution in [3.63, 3.8) is 0 Å². The fraction of sp³-hybridized carbons (Fsp3) is 1.00. The molecule has 0 fully saturated rings. The van der Waals surface area contributed by atoms with Crippen LogP contribution in [0.25, 0.3) is 0 Å². The molecule has 0 radical (unpaired) electrons. The Labute approximate surface area is 154 Å². The van der Waals surface area contributed by atoms with E-state index in [4.69, 9.17) is 0 Å². The Balaban J connectivity index is 5.04. The number of alkyl halides is 6. The molecule has 0 aliphatic rings. The molecule has 0 heterocycles. The molecule has 0 saturated carbocycles. The Morgan fingerprint density at radius 2 is 0.926 bits per heavy atom. The molecule has 0 aliphatic carbocycles. The fourth-order valence-electron chi connectivity index (χ4n) is 1.75. The van der Waals surface area contributed by atoms with Gasteiger partial charge in [0, 0.05) is 25.2 Å². The number of hydrogen-bond acceptors (Lipinski definition) is 5. The first-order valence-corrected chi connectivity index (χ1v) is 10.7. The van der Waals surface area contributed by atoms with Crippen molar-refractivity contribution in [3.8, 4) is 0 Å². The van der Waals surface area contributed by atoms with Crippen LogP contribution in [0.15, 0.2) is 0 Å². The van der Waals surface area contributed by atoms with Gasteiger partial charge >= 0.3 is 31.1 Å². The van der Waals surface area contributed by atoms with Gasteiger partial charge in [-0.05, 0) is 11.8 Å². The minimum absolute atomic E-state index is 0.357. The second-order valence-corrected chi connectivity index (χ2v) is 9.90. The summed E-state index contributed by atoms with van der Waals surface area (Å²) in [6.07, 6.45) is 0. The minimum Gasteiger partial charge on any atom is -0.314 e. The molecule has 15 heteroatoms. The zero-order valence-electron chi connectivity index (χ0n) is 14.9. The summed E-state index contributed by atoms with van der Waals surface area (Å²) in [4.78, 5) is 0. The summed E-state index contributed by atoms with van der Waals surface area (Å²) in [7, 11) is -11.2. The van der Waals surface area contributed by atoms with Crippen LogP contribution < -0.4 is 14.8 Å². The van der Waals surface area contributed by atoms with Crippen molar-refractivity contribution in [2.24, 2.45) is 11.8 Å². The third-order valence-corrected chi connectivity index (χ3v) is 6.01. The van der Waals surface area contributed by atoms with Crippen molar-refractivity contribution in [2.45, 2.75) is 50.8 Å². The van der Waals surface area contributed by atoms with Crippen LogP contribution in [0.3, 0.4) is 0 Å². The molecule has 164 valence electrons. The number of sulfonamides is 2. The van der Waals surface area contributed by atoms with Gasteiger partial charge in [-0.3, -0.25) is 0 Å². The topological polar surface area (TPSA) is 104 Å². The van der Waals surface area contributed by atoms with Crippen molar-refractivity contribution in [1.82, 2.24) is 14.8 Å². The molecular formula is C12H23F6N3O4S2. The molecule has 0 bridgehead atoms. The average molecular weight is 451 g/mol. The highest BCUT2D eigenvalue weighted by molar-refractivity contribution is 7.90. The van der Waals surface area contributed by atoms with Crippen molar-refractivity contribution in [1.29, 1.82) is 0 Å². The molecule has 0 rings (SSSR count). The smallest absolute Gasteiger partial charge is 0.314 e. The lowest BCUT2D eigenvalue weighted by Crippen LogP contribution is -2.53. The van der Waals surface area contributed by atoms with Crippen LogP contribution >= 0.6 is 0 Å². The molecule has 0 aromatic rings. The van der Waals surface area contributed by atoms with Crippen LogP contribution in [0, 0.1) is 11.8 Å². The molecule has 0 amide bonds. The van der Waals surface area contributed by atoms with Crippen LogP contribution in [-0.4, -0.2) is 53.0 Å². The predicted octanol–water partition coefficient (Wildman–Crippen LogP) is 1.50.